The molecule has 2 atom stereocenters. The topological polar surface area (TPSA) is 47.1 Å². The van der Waals surface area contributed by atoms with Gasteiger partial charge in [0, 0.05) is 24.5 Å². The molecular weight excluding hydrogens is 456 g/mol. The molecule has 2 aliphatic rings. The van der Waals surface area contributed by atoms with Gasteiger partial charge in [0.15, 0.2) is 0 Å². The molecule has 3 aromatic rings. The summed E-state index contributed by atoms with van der Waals surface area (Å²) in [5.41, 5.74) is 1.70. The summed E-state index contributed by atoms with van der Waals surface area (Å²) < 4.78 is 0. The van der Waals surface area contributed by atoms with Gasteiger partial charge in [0.1, 0.15) is 0 Å². The van der Waals surface area contributed by atoms with E-state index in [1.807, 2.05) is 83.5 Å². The van der Waals surface area contributed by atoms with E-state index < -0.39 is 0 Å². The molecule has 6 nitrogen and oxygen atoms in total. The number of carbonyl (C=O) groups is 2. The second-order valence-corrected chi connectivity index (χ2v) is 10.2. The molecule has 2 aliphatic heterocycles. The minimum Gasteiger partial charge on any atom is -0.320 e. The summed E-state index contributed by atoms with van der Waals surface area (Å²) in [5.74, 6) is 0. The van der Waals surface area contributed by atoms with Crippen molar-refractivity contribution in [2.75, 3.05) is 24.5 Å². The first-order valence-corrected chi connectivity index (χ1v) is 13.3. The van der Waals surface area contributed by atoms with Crippen molar-refractivity contribution in [2.45, 2.75) is 44.8 Å². The van der Waals surface area contributed by atoms with Crippen molar-refractivity contribution in [2.24, 2.45) is 0 Å². The maximum absolute atomic E-state index is 13.9. The quantitative estimate of drug-likeness (QED) is 0.430. The maximum Gasteiger partial charge on any atom is 0.329 e. The smallest absolute Gasteiger partial charge is 0.320 e. The van der Waals surface area contributed by atoms with Crippen LogP contribution in [0.15, 0.2) is 78.2 Å². The van der Waals surface area contributed by atoms with Gasteiger partial charge in [0.2, 0.25) is 0 Å². The van der Waals surface area contributed by atoms with Gasteiger partial charge < -0.3 is 14.7 Å². The number of piperazine rings is 1. The molecule has 4 amide bonds. The van der Waals surface area contributed by atoms with Crippen molar-refractivity contribution in [1.29, 1.82) is 0 Å². The summed E-state index contributed by atoms with van der Waals surface area (Å²) in [6, 6.07) is 23.9. The molecular formula is C28H32N4O2S. The lowest BCUT2D eigenvalue weighted by Gasteiger charge is -2.51. The lowest BCUT2D eigenvalue weighted by atomic mass is 9.91. The van der Waals surface area contributed by atoms with E-state index in [-0.39, 0.29) is 24.1 Å². The molecule has 2 fully saturated rings. The Kier molecular flexibility index (Phi) is 7.04. The number of hydrogen-bond acceptors (Lipinski definition) is 3. The third-order valence-electron chi connectivity index (χ3n) is 7.01. The van der Waals surface area contributed by atoms with Crippen LogP contribution < -0.4 is 4.90 Å². The number of thiophene rings is 1. The number of carbonyl (C=O) groups excluding carboxylic acids is 2. The zero-order valence-corrected chi connectivity index (χ0v) is 20.9. The minimum absolute atomic E-state index is 0.0302. The summed E-state index contributed by atoms with van der Waals surface area (Å²) >= 11 is 1.68. The molecule has 2 bridgehead atoms. The van der Waals surface area contributed by atoms with E-state index in [9.17, 15) is 9.59 Å². The largest absolute Gasteiger partial charge is 0.329 e. The number of fused-ring (bicyclic) bond motifs is 2. The number of rotatable bonds is 5. The normalized spacial score (nSPS) is 19.3. The van der Waals surface area contributed by atoms with Crippen LogP contribution >= 0.6 is 11.3 Å². The number of amides is 4. The molecule has 2 aromatic carbocycles. The van der Waals surface area contributed by atoms with Crippen LogP contribution in [0.1, 0.15) is 31.1 Å². The van der Waals surface area contributed by atoms with Crippen molar-refractivity contribution in [1.82, 2.24) is 14.7 Å². The van der Waals surface area contributed by atoms with Crippen molar-refractivity contribution in [3.63, 3.8) is 0 Å². The van der Waals surface area contributed by atoms with Gasteiger partial charge in [0.25, 0.3) is 0 Å². The van der Waals surface area contributed by atoms with Gasteiger partial charge in [-0.15, -0.1) is 11.3 Å². The summed E-state index contributed by atoms with van der Waals surface area (Å²) in [7, 11) is 0. The van der Waals surface area contributed by atoms with Crippen LogP contribution in [0, 0.1) is 0 Å². The van der Waals surface area contributed by atoms with Crippen LogP contribution in [0.4, 0.5) is 21.0 Å². The second-order valence-electron chi connectivity index (χ2n) is 9.22. The number of urea groups is 2. The number of para-hydroxylation sites is 2. The highest BCUT2D eigenvalue weighted by Gasteiger charge is 2.43. The minimum atomic E-state index is -0.0302. The van der Waals surface area contributed by atoms with Crippen molar-refractivity contribution in [3.8, 4) is 0 Å². The molecule has 0 unspecified atom stereocenters. The van der Waals surface area contributed by atoms with E-state index in [4.69, 9.17) is 0 Å². The van der Waals surface area contributed by atoms with Gasteiger partial charge >= 0.3 is 12.1 Å². The summed E-state index contributed by atoms with van der Waals surface area (Å²) in [4.78, 5) is 36.6. The SMILES string of the molecule is CCN(Cc1cccs1)C(=O)N1[C@@H]2CCC[C@H]1CN(C(=O)N(c1ccccc1)c1ccccc1)C2. The van der Waals surface area contributed by atoms with Crippen molar-refractivity contribution in [3.05, 3.63) is 83.1 Å². The highest BCUT2D eigenvalue weighted by atomic mass is 32.1. The molecule has 0 radical (unpaired) electrons. The summed E-state index contributed by atoms with van der Waals surface area (Å²) in [6.45, 7) is 4.48. The number of benzene rings is 2. The van der Waals surface area contributed by atoms with Crippen LogP contribution in [0.25, 0.3) is 0 Å². The molecule has 35 heavy (non-hydrogen) atoms. The fourth-order valence-electron chi connectivity index (χ4n) is 5.31. The Balaban J connectivity index is 1.37. The number of piperidine rings is 1. The van der Waals surface area contributed by atoms with E-state index in [0.717, 1.165) is 30.6 Å². The maximum atomic E-state index is 13.9. The number of anilines is 2. The van der Waals surface area contributed by atoms with Crippen LogP contribution in [0.5, 0.6) is 0 Å². The Bertz CT molecular complexity index is 1070. The van der Waals surface area contributed by atoms with Crippen LogP contribution in [0.3, 0.4) is 0 Å². The Hall–Kier alpha value is -3.32. The fourth-order valence-corrected chi connectivity index (χ4v) is 6.03. The summed E-state index contributed by atoms with van der Waals surface area (Å²) in [5, 5.41) is 2.05. The van der Waals surface area contributed by atoms with Crippen LogP contribution in [-0.2, 0) is 6.54 Å². The standard InChI is InChI=1S/C28H32N4O2S/c1-2-29(21-26-17-10-18-35-26)27(33)32-24-15-9-16-25(32)20-30(19-24)28(34)31(22-11-5-3-6-12-22)23-13-7-4-8-14-23/h3-8,10-14,17-18,24-25H,2,9,15-16,19-21H2,1H3/t24-,25+. The monoisotopic (exact) mass is 488 g/mol. The van der Waals surface area contributed by atoms with Crippen molar-refractivity contribution < 1.29 is 9.59 Å². The van der Waals surface area contributed by atoms with Crippen LogP contribution in [-0.4, -0.2) is 58.5 Å². The first-order chi connectivity index (χ1) is 17.2. The molecule has 7 heteroatoms. The summed E-state index contributed by atoms with van der Waals surface area (Å²) in [6.07, 6.45) is 2.96. The third-order valence-corrected chi connectivity index (χ3v) is 7.88. The van der Waals surface area contributed by atoms with Gasteiger partial charge in [-0.3, -0.25) is 4.90 Å². The fraction of sp³-hybridized carbons (Fsp3) is 0.357. The lowest BCUT2D eigenvalue weighted by molar-refractivity contribution is 0.0215. The molecule has 182 valence electrons. The Morgan fingerprint density at radius 1 is 0.857 bits per heavy atom. The second kappa shape index (κ2) is 10.5. The molecule has 0 aliphatic carbocycles. The Labute approximate surface area is 211 Å². The average molecular weight is 489 g/mol. The van der Waals surface area contributed by atoms with Crippen LogP contribution in [0.2, 0.25) is 0 Å². The van der Waals surface area contributed by atoms with Gasteiger partial charge in [-0.1, -0.05) is 42.5 Å². The molecule has 2 saturated heterocycles. The van der Waals surface area contributed by atoms with E-state index in [1.54, 1.807) is 16.2 Å². The predicted octanol–water partition coefficient (Wildman–Crippen LogP) is 6.19. The van der Waals surface area contributed by atoms with Gasteiger partial charge in [-0.25, -0.2) is 9.59 Å². The molecule has 1 aromatic heterocycles. The molecule has 5 rings (SSSR count). The highest BCUT2D eigenvalue weighted by molar-refractivity contribution is 7.09. The number of hydrogen-bond donors (Lipinski definition) is 0. The molecule has 0 saturated carbocycles. The third kappa shape index (κ3) is 4.91. The first kappa shape index (κ1) is 23.4. The highest BCUT2D eigenvalue weighted by Crippen LogP contribution is 2.33. The van der Waals surface area contributed by atoms with Gasteiger partial charge in [-0.05, 0) is 61.9 Å². The van der Waals surface area contributed by atoms with E-state index in [0.29, 0.717) is 26.2 Å². The zero-order valence-electron chi connectivity index (χ0n) is 20.1. The van der Waals surface area contributed by atoms with E-state index >= 15 is 0 Å². The molecule has 3 heterocycles. The van der Waals surface area contributed by atoms with Gasteiger partial charge in [0.05, 0.1) is 30.0 Å². The Morgan fingerprint density at radius 3 is 1.97 bits per heavy atom. The van der Waals surface area contributed by atoms with E-state index in [2.05, 4.69) is 16.3 Å². The molecule has 0 spiro atoms. The predicted molar refractivity (Wildman–Crippen MR) is 141 cm³/mol. The number of nitrogens with zero attached hydrogens (tertiary/aromatic N) is 4. The van der Waals surface area contributed by atoms with Crippen molar-refractivity contribution >= 4 is 34.8 Å². The zero-order chi connectivity index (χ0) is 24.2. The Morgan fingerprint density at radius 2 is 1.46 bits per heavy atom. The number of likely N-dealkylation sites (tertiary alicyclic amines) is 1. The average Bonchev–Trinajstić information content (AvgIpc) is 3.41. The first-order valence-electron chi connectivity index (χ1n) is 12.4. The lowest BCUT2D eigenvalue weighted by Crippen LogP contribution is -2.66. The molecule has 0 N–H and O–H groups in total. The van der Waals surface area contributed by atoms with E-state index in [1.165, 1.54) is 4.88 Å². The van der Waals surface area contributed by atoms with Gasteiger partial charge in [-0.2, -0.15) is 0 Å².